The summed E-state index contributed by atoms with van der Waals surface area (Å²) in [7, 11) is 1.34. The molecule has 1 aromatic carbocycles. The summed E-state index contributed by atoms with van der Waals surface area (Å²) in [4.78, 5) is 12.7. The summed E-state index contributed by atoms with van der Waals surface area (Å²) in [5, 5.41) is 0.631. The third-order valence-corrected chi connectivity index (χ3v) is 3.16. The van der Waals surface area contributed by atoms with E-state index in [9.17, 15) is 4.79 Å². The summed E-state index contributed by atoms with van der Waals surface area (Å²) < 4.78 is 4.62. The van der Waals surface area contributed by atoms with Crippen LogP contribution in [0.25, 0.3) is 0 Å². The van der Waals surface area contributed by atoms with Gasteiger partial charge in [-0.2, -0.15) is 0 Å². The lowest BCUT2D eigenvalue weighted by Crippen LogP contribution is -2.23. The molecule has 0 bridgehead atoms. The van der Waals surface area contributed by atoms with E-state index in [1.807, 2.05) is 24.3 Å². The van der Waals surface area contributed by atoms with Gasteiger partial charge in [0.1, 0.15) is 0 Å². The third-order valence-electron chi connectivity index (χ3n) is 2.78. The van der Waals surface area contributed by atoms with Crippen LogP contribution in [-0.2, 0) is 11.2 Å². The average molecular weight is 264 g/mol. The van der Waals surface area contributed by atoms with Crippen LogP contribution in [0.4, 0.5) is 4.79 Å². The normalized spacial score (nSPS) is 18.4. The zero-order valence-corrected chi connectivity index (χ0v) is 10.8. The highest BCUT2D eigenvalue weighted by atomic mass is 35.5. The number of hydrogen-bond acceptors (Lipinski definition) is 2. The van der Waals surface area contributed by atoms with E-state index in [-0.39, 0.29) is 5.92 Å². The van der Waals surface area contributed by atoms with Gasteiger partial charge in [-0.05, 0) is 12.0 Å². The molecule has 1 aliphatic rings. The number of hydrogen-bond donors (Lipinski definition) is 0. The van der Waals surface area contributed by atoms with Crippen LogP contribution < -0.4 is 0 Å². The van der Waals surface area contributed by atoms with Gasteiger partial charge < -0.3 is 4.74 Å². The monoisotopic (exact) mass is 263 g/mol. The van der Waals surface area contributed by atoms with Crippen LogP contribution in [0.2, 0.25) is 0 Å². The van der Waals surface area contributed by atoms with Crippen LogP contribution in [0.5, 0.6) is 0 Å². The van der Waals surface area contributed by atoms with Crippen molar-refractivity contribution in [3.05, 3.63) is 59.4 Å². The predicted molar refractivity (Wildman–Crippen MR) is 71.0 cm³/mol. The molecule has 0 radical (unpaired) electrons. The maximum Gasteiger partial charge on any atom is 0.417 e. The molecule has 0 N–H and O–H groups in total. The van der Waals surface area contributed by atoms with Gasteiger partial charge in [-0.15, -0.1) is 0 Å². The van der Waals surface area contributed by atoms with Crippen LogP contribution in [0.3, 0.4) is 0 Å². The first-order chi connectivity index (χ1) is 8.70. The van der Waals surface area contributed by atoms with Crippen molar-refractivity contribution >= 4 is 17.7 Å². The van der Waals surface area contributed by atoms with Crippen molar-refractivity contribution in [3.8, 4) is 0 Å². The Morgan fingerprint density at radius 3 is 2.72 bits per heavy atom. The number of halogens is 1. The van der Waals surface area contributed by atoms with Crippen molar-refractivity contribution < 1.29 is 9.53 Å². The number of allylic oxidation sites excluding steroid dienone is 2. The Morgan fingerprint density at radius 2 is 2.11 bits per heavy atom. The summed E-state index contributed by atoms with van der Waals surface area (Å²) in [6.07, 6.45) is 5.57. The van der Waals surface area contributed by atoms with Gasteiger partial charge in [0.25, 0.3) is 0 Å². The highest BCUT2D eigenvalue weighted by Gasteiger charge is 2.19. The molecule has 1 unspecified atom stereocenters. The van der Waals surface area contributed by atoms with Crippen molar-refractivity contribution in [2.45, 2.75) is 6.42 Å². The smallest absolute Gasteiger partial charge is 0.417 e. The van der Waals surface area contributed by atoms with E-state index in [0.717, 1.165) is 6.42 Å². The quantitative estimate of drug-likeness (QED) is 0.817. The molecule has 0 spiro atoms. The van der Waals surface area contributed by atoms with Crippen molar-refractivity contribution in [3.63, 3.8) is 0 Å². The van der Waals surface area contributed by atoms with E-state index in [2.05, 4.69) is 16.9 Å². The molecule has 4 heteroatoms. The zero-order valence-electron chi connectivity index (χ0n) is 10.0. The number of ether oxygens (including phenoxy) is 1. The molecule has 0 fully saturated rings. The first kappa shape index (κ1) is 12.7. The van der Waals surface area contributed by atoms with Gasteiger partial charge in [0.15, 0.2) is 0 Å². The molecule has 1 amide bonds. The molecule has 0 saturated heterocycles. The first-order valence-corrected chi connectivity index (χ1v) is 6.04. The second-order valence-electron chi connectivity index (χ2n) is 4.03. The van der Waals surface area contributed by atoms with Crippen LogP contribution in [0, 0.1) is 5.92 Å². The molecule has 0 aromatic heterocycles. The van der Waals surface area contributed by atoms with E-state index >= 15 is 0 Å². The molecule has 2 rings (SSSR count). The Kier molecular flexibility index (Phi) is 4.05. The van der Waals surface area contributed by atoms with Gasteiger partial charge in [0.2, 0.25) is 0 Å². The fourth-order valence-corrected chi connectivity index (χ4v) is 2.07. The molecule has 18 heavy (non-hydrogen) atoms. The summed E-state index contributed by atoms with van der Waals surface area (Å²) in [5.41, 5.74) is 1.21. The average Bonchev–Trinajstić information content (AvgIpc) is 2.41. The highest BCUT2D eigenvalue weighted by molar-refractivity contribution is 6.30. The minimum Gasteiger partial charge on any atom is -0.452 e. The number of carbonyl (C=O) groups is 1. The van der Waals surface area contributed by atoms with Gasteiger partial charge in [-0.25, -0.2) is 4.79 Å². The summed E-state index contributed by atoms with van der Waals surface area (Å²) in [6, 6.07) is 10.1. The molecule has 94 valence electrons. The zero-order chi connectivity index (χ0) is 13.0. The van der Waals surface area contributed by atoms with Crippen LogP contribution in [-0.4, -0.2) is 18.1 Å². The van der Waals surface area contributed by atoms with E-state index in [0.29, 0.717) is 5.03 Å². The van der Waals surface area contributed by atoms with Crippen molar-refractivity contribution in [1.82, 2.24) is 4.90 Å². The van der Waals surface area contributed by atoms with Gasteiger partial charge in [-0.3, -0.25) is 4.90 Å². The standard InChI is InChI=1S/C14H14ClNO2/c1-18-14(17)16-8-7-12(13(15)10-16)9-11-5-3-2-4-6-11/h2-8,10,12H,9H2,1H3. The molecule has 1 atom stereocenters. The largest absolute Gasteiger partial charge is 0.452 e. The van der Waals surface area contributed by atoms with Crippen molar-refractivity contribution in [1.29, 1.82) is 0 Å². The molecule has 1 aromatic rings. The van der Waals surface area contributed by atoms with Gasteiger partial charge in [0, 0.05) is 23.4 Å². The minimum atomic E-state index is -0.442. The molecular formula is C14H14ClNO2. The van der Waals surface area contributed by atoms with E-state index in [4.69, 9.17) is 11.6 Å². The SMILES string of the molecule is COC(=O)N1C=CC(Cc2ccccc2)C(Cl)=C1. The predicted octanol–water partition coefficient (Wildman–Crippen LogP) is 3.52. The molecule has 1 heterocycles. The van der Waals surface area contributed by atoms with Gasteiger partial charge in [0.05, 0.1) is 7.11 Å². The van der Waals surface area contributed by atoms with E-state index < -0.39 is 6.09 Å². The molecule has 3 nitrogen and oxygen atoms in total. The Bertz CT molecular complexity index is 482. The number of rotatable bonds is 2. The van der Waals surface area contributed by atoms with Gasteiger partial charge in [-0.1, -0.05) is 48.0 Å². The van der Waals surface area contributed by atoms with E-state index in [1.165, 1.54) is 17.6 Å². The summed E-state index contributed by atoms with van der Waals surface area (Å²) in [5.74, 6) is 0.106. The summed E-state index contributed by atoms with van der Waals surface area (Å²) in [6.45, 7) is 0. The Balaban J connectivity index is 2.06. The second-order valence-corrected chi connectivity index (χ2v) is 4.47. The van der Waals surface area contributed by atoms with Crippen LogP contribution in [0.15, 0.2) is 53.8 Å². The number of methoxy groups -OCH3 is 1. The molecule has 1 aliphatic heterocycles. The minimum absolute atomic E-state index is 0.106. The number of carbonyl (C=O) groups excluding carboxylic acids is 1. The Labute approximate surface area is 111 Å². The fraction of sp³-hybridized carbons (Fsp3) is 0.214. The lowest BCUT2D eigenvalue weighted by Gasteiger charge is -2.21. The van der Waals surface area contributed by atoms with E-state index in [1.54, 1.807) is 12.4 Å². The third kappa shape index (κ3) is 2.93. The van der Waals surface area contributed by atoms with Crippen molar-refractivity contribution in [2.24, 2.45) is 5.92 Å². The van der Waals surface area contributed by atoms with Crippen LogP contribution >= 0.6 is 11.6 Å². The first-order valence-electron chi connectivity index (χ1n) is 5.66. The lowest BCUT2D eigenvalue weighted by atomic mass is 9.98. The van der Waals surface area contributed by atoms with Crippen LogP contribution in [0.1, 0.15) is 5.56 Å². The highest BCUT2D eigenvalue weighted by Crippen LogP contribution is 2.26. The maximum atomic E-state index is 11.3. The number of nitrogens with zero attached hydrogens (tertiary/aromatic N) is 1. The molecular weight excluding hydrogens is 250 g/mol. The number of amides is 1. The Hall–Kier alpha value is -1.74. The Morgan fingerprint density at radius 1 is 1.39 bits per heavy atom. The maximum absolute atomic E-state index is 11.3. The molecule has 0 aliphatic carbocycles. The number of benzene rings is 1. The lowest BCUT2D eigenvalue weighted by molar-refractivity contribution is 0.151. The van der Waals surface area contributed by atoms with Crippen molar-refractivity contribution in [2.75, 3.05) is 7.11 Å². The topological polar surface area (TPSA) is 29.5 Å². The molecule has 0 saturated carbocycles. The summed E-state index contributed by atoms with van der Waals surface area (Å²) >= 11 is 6.19. The second kappa shape index (κ2) is 5.74. The fourth-order valence-electron chi connectivity index (χ4n) is 1.81. The van der Waals surface area contributed by atoms with Gasteiger partial charge >= 0.3 is 6.09 Å².